The minimum absolute atomic E-state index is 0.210. The molecule has 0 aromatic heterocycles. The number of hydrogen-bond donors (Lipinski definition) is 0. The van der Waals surface area contributed by atoms with Gasteiger partial charge < -0.3 is 9.47 Å². The fourth-order valence-electron chi connectivity index (χ4n) is 5.49. The van der Waals surface area contributed by atoms with Crippen LogP contribution in [0.25, 0.3) is 0 Å². The summed E-state index contributed by atoms with van der Waals surface area (Å²) >= 11 is 0. The van der Waals surface area contributed by atoms with Crippen molar-refractivity contribution in [1.29, 1.82) is 0 Å². The molecule has 37 heavy (non-hydrogen) atoms. The Morgan fingerprint density at radius 1 is 0.486 bits per heavy atom. The summed E-state index contributed by atoms with van der Waals surface area (Å²) in [5.41, 5.74) is 12.0. The fourth-order valence-corrected chi connectivity index (χ4v) is 5.49. The standard InChI is InChI=1S/C35H56O2/c1-11-26-22-32(34(8,9)15-5)28(13-3)20-30(26)24-36-18-19-37-25-31-21-29(14-4)33(23-27(31)12-2)35(10,16-6)17-7/h20-23H,11-19,24-25H2,1-10H3. The van der Waals surface area contributed by atoms with Crippen LogP contribution in [0, 0.1) is 0 Å². The zero-order valence-electron chi connectivity index (χ0n) is 25.9. The third-order valence-electron chi connectivity index (χ3n) is 9.09. The Morgan fingerprint density at radius 2 is 0.892 bits per heavy atom. The van der Waals surface area contributed by atoms with Crippen LogP contribution in [-0.2, 0) is 59.2 Å². The molecule has 0 radical (unpaired) electrons. The van der Waals surface area contributed by atoms with Crippen LogP contribution in [-0.4, -0.2) is 13.2 Å². The number of benzene rings is 2. The van der Waals surface area contributed by atoms with Gasteiger partial charge in [0.25, 0.3) is 0 Å². The van der Waals surface area contributed by atoms with Gasteiger partial charge in [0.1, 0.15) is 0 Å². The van der Waals surface area contributed by atoms with Crippen LogP contribution >= 0.6 is 0 Å². The van der Waals surface area contributed by atoms with Gasteiger partial charge in [-0.1, -0.05) is 93.5 Å². The minimum Gasteiger partial charge on any atom is -0.374 e. The van der Waals surface area contributed by atoms with Crippen LogP contribution in [0.1, 0.15) is 133 Å². The zero-order chi connectivity index (χ0) is 27.6. The van der Waals surface area contributed by atoms with Crippen molar-refractivity contribution in [2.45, 2.75) is 138 Å². The second kappa shape index (κ2) is 14.5. The highest BCUT2D eigenvalue weighted by Gasteiger charge is 2.26. The normalized spacial score (nSPS) is 12.4. The Hall–Kier alpha value is -1.64. The third-order valence-corrected chi connectivity index (χ3v) is 9.09. The predicted molar refractivity (Wildman–Crippen MR) is 161 cm³/mol. The first-order valence-electron chi connectivity index (χ1n) is 15.1. The molecule has 0 aliphatic rings. The molecule has 0 spiro atoms. The van der Waals surface area contributed by atoms with Gasteiger partial charge in [0, 0.05) is 0 Å². The van der Waals surface area contributed by atoms with E-state index >= 15 is 0 Å². The van der Waals surface area contributed by atoms with E-state index in [1.807, 2.05) is 0 Å². The molecule has 0 amide bonds. The largest absolute Gasteiger partial charge is 0.374 e. The monoisotopic (exact) mass is 508 g/mol. The van der Waals surface area contributed by atoms with Gasteiger partial charge >= 0.3 is 0 Å². The summed E-state index contributed by atoms with van der Waals surface area (Å²) in [5.74, 6) is 0. The quantitative estimate of drug-likeness (QED) is 0.210. The fraction of sp³-hybridized carbons (Fsp3) is 0.657. The lowest BCUT2D eigenvalue weighted by Gasteiger charge is -2.31. The highest BCUT2D eigenvalue weighted by atomic mass is 16.5. The zero-order valence-corrected chi connectivity index (χ0v) is 25.9. The number of rotatable bonds is 16. The predicted octanol–water partition coefficient (Wildman–Crippen LogP) is 9.43. The summed E-state index contributed by atoms with van der Waals surface area (Å²) in [5, 5.41) is 0. The topological polar surface area (TPSA) is 18.5 Å². The molecule has 0 aliphatic carbocycles. The molecule has 208 valence electrons. The van der Waals surface area contributed by atoms with E-state index in [1.165, 1.54) is 57.3 Å². The summed E-state index contributed by atoms with van der Waals surface area (Å²) in [6, 6.07) is 9.73. The summed E-state index contributed by atoms with van der Waals surface area (Å²) in [6.07, 6.45) is 7.70. The van der Waals surface area contributed by atoms with Gasteiger partial charge in [0.2, 0.25) is 0 Å². The van der Waals surface area contributed by atoms with Crippen LogP contribution in [0.2, 0.25) is 0 Å². The highest BCUT2D eigenvalue weighted by molar-refractivity contribution is 5.43. The van der Waals surface area contributed by atoms with E-state index in [4.69, 9.17) is 9.47 Å². The number of aryl methyl sites for hydroxylation is 4. The van der Waals surface area contributed by atoms with Crippen molar-refractivity contribution in [1.82, 2.24) is 0 Å². The van der Waals surface area contributed by atoms with Crippen molar-refractivity contribution in [2.75, 3.05) is 13.2 Å². The van der Waals surface area contributed by atoms with Gasteiger partial charge in [0.15, 0.2) is 0 Å². The second-order valence-corrected chi connectivity index (χ2v) is 11.6. The molecule has 0 fully saturated rings. The van der Waals surface area contributed by atoms with Gasteiger partial charge in [-0.25, -0.2) is 0 Å². The molecule has 0 N–H and O–H groups in total. The number of ether oxygens (including phenoxy) is 2. The molecule has 0 saturated heterocycles. The van der Waals surface area contributed by atoms with Crippen LogP contribution < -0.4 is 0 Å². The molecular weight excluding hydrogens is 452 g/mol. The molecule has 2 nitrogen and oxygen atoms in total. The Bertz CT molecular complexity index is 981. The van der Waals surface area contributed by atoms with Crippen LogP contribution in [0.5, 0.6) is 0 Å². The van der Waals surface area contributed by atoms with Crippen molar-refractivity contribution in [3.05, 3.63) is 68.8 Å². The van der Waals surface area contributed by atoms with E-state index in [2.05, 4.69) is 93.5 Å². The summed E-state index contributed by atoms with van der Waals surface area (Å²) in [6.45, 7) is 25.7. The Morgan fingerprint density at radius 3 is 1.27 bits per heavy atom. The summed E-state index contributed by atoms with van der Waals surface area (Å²) in [4.78, 5) is 0. The van der Waals surface area contributed by atoms with Gasteiger partial charge in [-0.05, 0) is 100 Å². The number of hydrogen-bond acceptors (Lipinski definition) is 2. The first kappa shape index (κ1) is 31.6. The van der Waals surface area contributed by atoms with Crippen LogP contribution in [0.3, 0.4) is 0 Å². The van der Waals surface area contributed by atoms with Crippen molar-refractivity contribution in [3.8, 4) is 0 Å². The van der Waals surface area contributed by atoms with Gasteiger partial charge in [-0.2, -0.15) is 0 Å². The maximum Gasteiger partial charge on any atom is 0.0720 e. The van der Waals surface area contributed by atoms with Crippen molar-refractivity contribution >= 4 is 0 Å². The van der Waals surface area contributed by atoms with E-state index in [1.54, 1.807) is 0 Å². The van der Waals surface area contributed by atoms with Gasteiger partial charge in [0.05, 0.1) is 26.4 Å². The molecule has 0 bridgehead atoms. The van der Waals surface area contributed by atoms with E-state index in [0.717, 1.165) is 32.1 Å². The van der Waals surface area contributed by atoms with E-state index < -0.39 is 0 Å². The Balaban J connectivity index is 2.02. The average molecular weight is 509 g/mol. The molecule has 0 heterocycles. The lowest BCUT2D eigenvalue weighted by molar-refractivity contribution is 0.0334. The maximum absolute atomic E-state index is 6.13. The lowest BCUT2D eigenvalue weighted by atomic mass is 9.74. The molecule has 2 aromatic carbocycles. The molecule has 0 unspecified atom stereocenters. The van der Waals surface area contributed by atoms with Crippen molar-refractivity contribution in [3.63, 3.8) is 0 Å². The highest BCUT2D eigenvalue weighted by Crippen LogP contribution is 2.36. The van der Waals surface area contributed by atoms with E-state index in [9.17, 15) is 0 Å². The summed E-state index contributed by atoms with van der Waals surface area (Å²) < 4.78 is 12.3. The van der Waals surface area contributed by atoms with Gasteiger partial charge in [-0.15, -0.1) is 0 Å². The summed E-state index contributed by atoms with van der Waals surface area (Å²) in [7, 11) is 0. The molecule has 0 saturated carbocycles. The first-order chi connectivity index (χ1) is 17.6. The van der Waals surface area contributed by atoms with Crippen molar-refractivity contribution in [2.24, 2.45) is 0 Å². The maximum atomic E-state index is 6.13. The Kier molecular flexibility index (Phi) is 12.4. The molecule has 0 aliphatic heterocycles. The van der Waals surface area contributed by atoms with Crippen molar-refractivity contribution < 1.29 is 9.47 Å². The third kappa shape index (κ3) is 7.70. The molecule has 2 heteroatoms. The molecular formula is C35H56O2. The first-order valence-corrected chi connectivity index (χ1v) is 15.1. The molecule has 0 atom stereocenters. The molecule has 2 aromatic rings. The van der Waals surface area contributed by atoms with Gasteiger partial charge in [-0.3, -0.25) is 0 Å². The lowest BCUT2D eigenvalue weighted by Crippen LogP contribution is -2.22. The minimum atomic E-state index is 0.210. The molecule has 2 rings (SSSR count). The second-order valence-electron chi connectivity index (χ2n) is 11.6. The van der Waals surface area contributed by atoms with E-state index in [0.29, 0.717) is 26.4 Å². The smallest absolute Gasteiger partial charge is 0.0720 e. The Labute approximate surface area is 229 Å². The van der Waals surface area contributed by atoms with E-state index in [-0.39, 0.29) is 10.8 Å². The SMILES string of the molecule is CCc1cc(C(C)(C)CC)c(CC)cc1COCCOCc1cc(CC)c(C(C)(CC)CC)cc1CC. The van der Waals surface area contributed by atoms with Crippen LogP contribution in [0.4, 0.5) is 0 Å². The average Bonchev–Trinajstić information content (AvgIpc) is 2.93. The van der Waals surface area contributed by atoms with Crippen LogP contribution in [0.15, 0.2) is 24.3 Å².